The van der Waals surface area contributed by atoms with Crippen LogP contribution in [0.4, 0.5) is 4.79 Å². The minimum atomic E-state index is -0.836. The van der Waals surface area contributed by atoms with E-state index in [0.717, 1.165) is 12.8 Å². The average Bonchev–Trinajstić information content (AvgIpc) is 2.42. The second-order valence-electron chi connectivity index (χ2n) is 6.42. The van der Waals surface area contributed by atoms with Crippen molar-refractivity contribution in [2.24, 2.45) is 11.3 Å². The predicted octanol–water partition coefficient (Wildman–Crippen LogP) is 1.95. The number of hydrogen-bond acceptors (Lipinski definition) is 3. The summed E-state index contributed by atoms with van der Waals surface area (Å²) < 4.78 is 5.43. The molecule has 122 valence electrons. The Bertz CT molecular complexity index is 360. The lowest BCUT2D eigenvalue weighted by Crippen LogP contribution is -2.51. The number of amides is 2. The molecule has 1 unspecified atom stereocenters. The Morgan fingerprint density at radius 1 is 1.38 bits per heavy atom. The number of aliphatic carboxylic acids is 1. The summed E-state index contributed by atoms with van der Waals surface area (Å²) in [7, 11) is 0. The third-order valence-corrected chi connectivity index (χ3v) is 3.86. The molecule has 1 saturated heterocycles. The summed E-state index contributed by atoms with van der Waals surface area (Å²) in [4.78, 5) is 24.9. The lowest BCUT2D eigenvalue weighted by atomic mass is 9.82. The van der Waals surface area contributed by atoms with Gasteiger partial charge < -0.3 is 20.1 Å². The number of carboxylic acid groups (broad SMARTS) is 1. The van der Waals surface area contributed by atoms with Crippen LogP contribution >= 0.6 is 0 Å². The number of nitrogens with one attached hydrogen (secondary N) is 1. The topological polar surface area (TPSA) is 78.9 Å². The maximum atomic E-state index is 12.0. The molecule has 0 aromatic carbocycles. The summed E-state index contributed by atoms with van der Waals surface area (Å²) in [6, 6.07) is -0.199. The molecule has 0 aromatic heterocycles. The summed E-state index contributed by atoms with van der Waals surface area (Å²) in [5.74, 6) is -0.223. The maximum Gasteiger partial charge on any atom is 0.317 e. The van der Waals surface area contributed by atoms with Gasteiger partial charge in [0.2, 0.25) is 0 Å². The van der Waals surface area contributed by atoms with E-state index in [1.54, 1.807) is 11.8 Å². The van der Waals surface area contributed by atoms with Gasteiger partial charge in [0.15, 0.2) is 0 Å². The highest BCUT2D eigenvalue weighted by atomic mass is 16.5. The molecular formula is C15H28N2O4. The first-order valence-electron chi connectivity index (χ1n) is 7.69. The molecule has 2 amide bonds. The van der Waals surface area contributed by atoms with Crippen LogP contribution < -0.4 is 5.32 Å². The van der Waals surface area contributed by atoms with Gasteiger partial charge in [-0.1, -0.05) is 13.8 Å². The number of likely N-dealkylation sites (tertiary alicyclic amines) is 1. The van der Waals surface area contributed by atoms with E-state index in [9.17, 15) is 14.7 Å². The van der Waals surface area contributed by atoms with E-state index in [1.807, 2.05) is 0 Å². The van der Waals surface area contributed by atoms with Gasteiger partial charge in [0.05, 0.1) is 12.0 Å². The van der Waals surface area contributed by atoms with E-state index < -0.39 is 11.4 Å². The predicted molar refractivity (Wildman–Crippen MR) is 80.2 cm³/mol. The Hall–Kier alpha value is -1.30. The molecule has 0 saturated carbocycles. The van der Waals surface area contributed by atoms with Crippen LogP contribution in [0.15, 0.2) is 0 Å². The number of carbonyl (C=O) groups is 2. The van der Waals surface area contributed by atoms with E-state index in [0.29, 0.717) is 38.6 Å². The van der Waals surface area contributed by atoms with Crippen molar-refractivity contribution in [3.05, 3.63) is 0 Å². The molecule has 1 fully saturated rings. The van der Waals surface area contributed by atoms with Crippen molar-refractivity contribution in [1.82, 2.24) is 10.2 Å². The third kappa shape index (κ3) is 5.91. The van der Waals surface area contributed by atoms with Crippen LogP contribution in [0.25, 0.3) is 0 Å². The molecule has 1 rings (SSSR count). The van der Waals surface area contributed by atoms with E-state index in [2.05, 4.69) is 19.2 Å². The Kier molecular flexibility index (Phi) is 6.95. The number of piperidine rings is 1. The number of rotatable bonds is 7. The number of carboxylic acids is 1. The van der Waals surface area contributed by atoms with Gasteiger partial charge in [-0.3, -0.25) is 4.79 Å². The number of carbonyl (C=O) groups excluding carboxylic acids is 1. The SMILES string of the molecule is CC(C)CCOCCNC(=O)N1CCCC(C)(C(=O)O)C1. The summed E-state index contributed by atoms with van der Waals surface area (Å²) in [6.07, 6.45) is 2.35. The smallest absolute Gasteiger partial charge is 0.317 e. The first-order chi connectivity index (χ1) is 9.85. The Labute approximate surface area is 126 Å². The molecule has 6 heteroatoms. The van der Waals surface area contributed by atoms with E-state index in [4.69, 9.17) is 4.74 Å². The molecule has 6 nitrogen and oxygen atoms in total. The van der Waals surface area contributed by atoms with Crippen LogP contribution in [-0.2, 0) is 9.53 Å². The summed E-state index contributed by atoms with van der Waals surface area (Å²) >= 11 is 0. The monoisotopic (exact) mass is 300 g/mol. The molecule has 0 aliphatic carbocycles. The molecule has 21 heavy (non-hydrogen) atoms. The zero-order valence-electron chi connectivity index (χ0n) is 13.4. The molecule has 1 heterocycles. The Balaban J connectivity index is 2.24. The third-order valence-electron chi connectivity index (χ3n) is 3.86. The molecule has 0 aromatic rings. The van der Waals surface area contributed by atoms with Crippen LogP contribution in [-0.4, -0.2) is 54.9 Å². The highest BCUT2D eigenvalue weighted by Crippen LogP contribution is 2.29. The van der Waals surface area contributed by atoms with Crippen molar-refractivity contribution in [2.75, 3.05) is 32.8 Å². The van der Waals surface area contributed by atoms with Crippen molar-refractivity contribution >= 4 is 12.0 Å². The van der Waals surface area contributed by atoms with E-state index >= 15 is 0 Å². The fourth-order valence-electron chi connectivity index (χ4n) is 2.35. The van der Waals surface area contributed by atoms with Crippen LogP contribution in [0, 0.1) is 11.3 Å². The van der Waals surface area contributed by atoms with Crippen LogP contribution in [0.5, 0.6) is 0 Å². The van der Waals surface area contributed by atoms with Crippen molar-refractivity contribution in [3.63, 3.8) is 0 Å². The number of hydrogen-bond donors (Lipinski definition) is 2. The quantitative estimate of drug-likeness (QED) is 0.704. The fourth-order valence-corrected chi connectivity index (χ4v) is 2.35. The summed E-state index contributed by atoms with van der Waals surface area (Å²) in [5, 5.41) is 12.0. The molecule has 0 bridgehead atoms. The normalized spacial score (nSPS) is 22.4. The molecule has 2 N–H and O–H groups in total. The van der Waals surface area contributed by atoms with Crippen LogP contribution in [0.1, 0.15) is 40.0 Å². The Morgan fingerprint density at radius 2 is 2.10 bits per heavy atom. The van der Waals surface area contributed by atoms with Gasteiger partial charge in [0.25, 0.3) is 0 Å². The van der Waals surface area contributed by atoms with Crippen molar-refractivity contribution in [3.8, 4) is 0 Å². The lowest BCUT2D eigenvalue weighted by Gasteiger charge is -2.37. The second kappa shape index (κ2) is 8.22. The van der Waals surface area contributed by atoms with E-state index in [-0.39, 0.29) is 12.6 Å². The Morgan fingerprint density at radius 3 is 2.71 bits per heavy atom. The molecular weight excluding hydrogens is 272 g/mol. The lowest BCUT2D eigenvalue weighted by molar-refractivity contribution is -0.150. The largest absolute Gasteiger partial charge is 0.481 e. The van der Waals surface area contributed by atoms with Gasteiger partial charge in [0.1, 0.15) is 0 Å². The molecule has 1 aliphatic heterocycles. The standard InChI is InChI=1S/C15H28N2O4/c1-12(2)5-9-21-10-7-16-14(20)17-8-4-6-15(3,11-17)13(18)19/h12H,4-11H2,1-3H3,(H,16,20)(H,18,19). The van der Waals surface area contributed by atoms with Crippen molar-refractivity contribution < 1.29 is 19.4 Å². The van der Waals surface area contributed by atoms with Gasteiger partial charge in [-0.05, 0) is 32.1 Å². The second-order valence-corrected chi connectivity index (χ2v) is 6.42. The fraction of sp³-hybridized carbons (Fsp3) is 0.867. The zero-order chi connectivity index (χ0) is 15.9. The zero-order valence-corrected chi connectivity index (χ0v) is 13.4. The summed E-state index contributed by atoms with van der Waals surface area (Å²) in [5.41, 5.74) is -0.830. The number of urea groups is 1. The highest BCUT2D eigenvalue weighted by Gasteiger charge is 2.39. The molecule has 1 aliphatic rings. The van der Waals surface area contributed by atoms with Gasteiger partial charge in [0, 0.05) is 26.2 Å². The average molecular weight is 300 g/mol. The first-order valence-corrected chi connectivity index (χ1v) is 7.69. The highest BCUT2D eigenvalue weighted by molar-refractivity contribution is 5.78. The van der Waals surface area contributed by atoms with Gasteiger partial charge in [-0.25, -0.2) is 4.79 Å². The van der Waals surface area contributed by atoms with Gasteiger partial charge in [-0.15, -0.1) is 0 Å². The van der Waals surface area contributed by atoms with E-state index in [1.165, 1.54) is 0 Å². The van der Waals surface area contributed by atoms with Crippen LogP contribution in [0.2, 0.25) is 0 Å². The van der Waals surface area contributed by atoms with Crippen LogP contribution in [0.3, 0.4) is 0 Å². The number of nitrogens with zero attached hydrogens (tertiary/aromatic N) is 1. The minimum Gasteiger partial charge on any atom is -0.481 e. The molecule has 1 atom stereocenters. The first kappa shape index (κ1) is 17.8. The van der Waals surface area contributed by atoms with Gasteiger partial charge >= 0.3 is 12.0 Å². The maximum absolute atomic E-state index is 12.0. The summed E-state index contributed by atoms with van der Waals surface area (Å²) in [6.45, 7) is 8.50. The van der Waals surface area contributed by atoms with Crippen molar-refractivity contribution in [2.45, 2.75) is 40.0 Å². The van der Waals surface area contributed by atoms with Gasteiger partial charge in [-0.2, -0.15) is 0 Å². The minimum absolute atomic E-state index is 0.199. The van der Waals surface area contributed by atoms with Crippen molar-refractivity contribution in [1.29, 1.82) is 0 Å². The molecule has 0 radical (unpaired) electrons. The number of ether oxygens (including phenoxy) is 1. The molecule has 0 spiro atoms.